The van der Waals surface area contributed by atoms with Gasteiger partial charge in [0, 0.05) is 20.1 Å². The number of methoxy groups -OCH3 is 1. The predicted octanol–water partition coefficient (Wildman–Crippen LogP) is 2.15. The highest BCUT2D eigenvalue weighted by Gasteiger charge is 2.43. The molecule has 1 atom stereocenters. The summed E-state index contributed by atoms with van der Waals surface area (Å²) in [6, 6.07) is 13.8. The lowest BCUT2D eigenvalue weighted by Crippen LogP contribution is -2.61. The van der Waals surface area contributed by atoms with Crippen molar-refractivity contribution >= 4 is 11.8 Å². The molecule has 1 heterocycles. The first-order chi connectivity index (χ1) is 13.9. The van der Waals surface area contributed by atoms with E-state index in [2.05, 4.69) is 0 Å². The number of nitrogens with two attached hydrogens (primary N) is 1. The van der Waals surface area contributed by atoms with Crippen LogP contribution in [0.25, 0.3) is 11.1 Å². The van der Waals surface area contributed by atoms with E-state index in [-0.39, 0.29) is 37.7 Å². The van der Waals surface area contributed by atoms with Crippen molar-refractivity contribution in [3.05, 3.63) is 59.9 Å². The van der Waals surface area contributed by atoms with Gasteiger partial charge in [-0.25, -0.2) is 4.39 Å². The summed E-state index contributed by atoms with van der Waals surface area (Å²) in [5.41, 5.74) is 7.11. The van der Waals surface area contributed by atoms with Gasteiger partial charge in [-0.2, -0.15) is 0 Å². The van der Waals surface area contributed by atoms with Crippen LogP contribution < -0.4 is 5.73 Å². The number of halogens is 1. The van der Waals surface area contributed by atoms with Crippen molar-refractivity contribution in [1.29, 1.82) is 0 Å². The number of ether oxygens (including phenoxy) is 2. The number of carbonyl (C=O) groups excluding carboxylic acids is 2. The van der Waals surface area contributed by atoms with Crippen LogP contribution in [0.3, 0.4) is 0 Å². The fraction of sp³-hybridized carbons (Fsp3) is 0.364. The van der Waals surface area contributed by atoms with E-state index >= 15 is 0 Å². The molecule has 0 spiro atoms. The summed E-state index contributed by atoms with van der Waals surface area (Å²) in [6.07, 6.45) is 0.512. The van der Waals surface area contributed by atoms with E-state index in [1.54, 1.807) is 17.0 Å². The molecule has 1 saturated heterocycles. The molecule has 29 heavy (non-hydrogen) atoms. The molecule has 0 aliphatic carbocycles. The van der Waals surface area contributed by atoms with E-state index in [1.807, 2.05) is 24.3 Å². The molecule has 0 aromatic heterocycles. The summed E-state index contributed by atoms with van der Waals surface area (Å²) < 4.78 is 23.9. The van der Waals surface area contributed by atoms with Gasteiger partial charge in [0.25, 0.3) is 5.91 Å². The quantitative estimate of drug-likeness (QED) is 0.772. The summed E-state index contributed by atoms with van der Waals surface area (Å²) in [7, 11) is 1.54. The zero-order chi connectivity index (χ0) is 20.9. The van der Waals surface area contributed by atoms with Gasteiger partial charge in [-0.1, -0.05) is 36.4 Å². The Bertz CT molecular complexity index is 854. The number of benzene rings is 2. The SMILES string of the molecule is COCCC(=O)N1CCOC(Cc2ccc(-c3ccc(F)cc3)cc2)(C(N)=O)C1. The molecule has 2 aromatic carbocycles. The molecule has 7 heteroatoms. The van der Waals surface area contributed by atoms with Crippen LogP contribution in [0.5, 0.6) is 0 Å². The highest BCUT2D eigenvalue weighted by Crippen LogP contribution is 2.26. The van der Waals surface area contributed by atoms with Crippen molar-refractivity contribution in [2.24, 2.45) is 5.73 Å². The maximum atomic E-state index is 13.1. The van der Waals surface area contributed by atoms with Gasteiger partial charge < -0.3 is 20.1 Å². The number of amides is 2. The minimum absolute atomic E-state index is 0.0903. The Morgan fingerprint density at radius 3 is 2.34 bits per heavy atom. The van der Waals surface area contributed by atoms with Crippen LogP contribution in [-0.2, 0) is 25.5 Å². The lowest BCUT2D eigenvalue weighted by molar-refractivity contribution is -0.163. The van der Waals surface area contributed by atoms with Crippen LogP contribution in [0, 0.1) is 5.82 Å². The van der Waals surface area contributed by atoms with Crippen molar-refractivity contribution in [1.82, 2.24) is 4.90 Å². The topological polar surface area (TPSA) is 81.9 Å². The molecule has 0 bridgehead atoms. The zero-order valence-corrected chi connectivity index (χ0v) is 16.4. The van der Waals surface area contributed by atoms with Crippen LogP contribution in [-0.4, -0.2) is 55.7 Å². The molecule has 3 rings (SSSR count). The lowest BCUT2D eigenvalue weighted by Gasteiger charge is -2.40. The highest BCUT2D eigenvalue weighted by atomic mass is 19.1. The Kier molecular flexibility index (Phi) is 6.61. The van der Waals surface area contributed by atoms with Crippen LogP contribution in [0.1, 0.15) is 12.0 Å². The molecule has 6 nitrogen and oxygen atoms in total. The first kappa shape index (κ1) is 21.0. The number of primary amides is 1. The largest absolute Gasteiger partial charge is 0.384 e. The van der Waals surface area contributed by atoms with Gasteiger partial charge in [0.1, 0.15) is 5.82 Å². The second kappa shape index (κ2) is 9.15. The van der Waals surface area contributed by atoms with E-state index in [0.717, 1.165) is 16.7 Å². The van der Waals surface area contributed by atoms with Gasteiger partial charge in [-0.05, 0) is 28.8 Å². The standard InChI is InChI=1S/C22H25FN2O4/c1-28-12-10-20(26)25-11-13-29-22(15-25,21(24)27)14-16-2-4-17(5-3-16)18-6-8-19(23)9-7-18/h2-9H,10-15H2,1H3,(H2,24,27). The number of hydrogen-bond donors (Lipinski definition) is 1. The van der Waals surface area contributed by atoms with Crippen molar-refractivity contribution in [3.8, 4) is 11.1 Å². The minimum atomic E-state index is -1.27. The third-order valence-electron chi connectivity index (χ3n) is 5.13. The predicted molar refractivity (Wildman–Crippen MR) is 106 cm³/mol. The average Bonchev–Trinajstić information content (AvgIpc) is 2.73. The molecule has 0 saturated carbocycles. The van der Waals surface area contributed by atoms with E-state index in [9.17, 15) is 14.0 Å². The van der Waals surface area contributed by atoms with Crippen LogP contribution in [0.2, 0.25) is 0 Å². The summed E-state index contributed by atoms with van der Waals surface area (Å²) in [5.74, 6) is -0.968. The molecule has 1 aliphatic heterocycles. The Morgan fingerprint density at radius 1 is 1.14 bits per heavy atom. The molecule has 2 aromatic rings. The zero-order valence-electron chi connectivity index (χ0n) is 16.4. The van der Waals surface area contributed by atoms with Crippen LogP contribution in [0.15, 0.2) is 48.5 Å². The van der Waals surface area contributed by atoms with Crippen molar-refractivity contribution in [2.45, 2.75) is 18.4 Å². The first-order valence-electron chi connectivity index (χ1n) is 9.49. The highest BCUT2D eigenvalue weighted by molar-refractivity contribution is 5.86. The summed E-state index contributed by atoms with van der Waals surface area (Å²) in [6.45, 7) is 1.10. The van der Waals surface area contributed by atoms with Crippen molar-refractivity contribution in [3.63, 3.8) is 0 Å². The molecular formula is C22H25FN2O4. The molecule has 1 fully saturated rings. The molecule has 1 aliphatic rings. The van der Waals surface area contributed by atoms with Gasteiger partial charge in [0.05, 0.1) is 26.2 Å². The van der Waals surface area contributed by atoms with Gasteiger partial charge in [0.15, 0.2) is 5.60 Å². The molecule has 1 unspecified atom stereocenters. The van der Waals surface area contributed by atoms with Gasteiger partial charge in [0.2, 0.25) is 5.91 Å². The lowest BCUT2D eigenvalue weighted by atomic mass is 9.90. The average molecular weight is 400 g/mol. The van der Waals surface area contributed by atoms with E-state index in [4.69, 9.17) is 15.2 Å². The van der Waals surface area contributed by atoms with Gasteiger partial charge in [-0.15, -0.1) is 0 Å². The maximum absolute atomic E-state index is 13.1. The third-order valence-corrected chi connectivity index (χ3v) is 5.13. The molecule has 154 valence electrons. The summed E-state index contributed by atoms with van der Waals surface area (Å²) in [5, 5.41) is 0. The monoisotopic (exact) mass is 400 g/mol. The van der Waals surface area contributed by atoms with Crippen LogP contribution in [0.4, 0.5) is 4.39 Å². The Balaban J connectivity index is 1.75. The van der Waals surface area contributed by atoms with Crippen LogP contribution >= 0.6 is 0 Å². The smallest absolute Gasteiger partial charge is 0.251 e. The third kappa shape index (κ3) is 4.99. The van der Waals surface area contributed by atoms with E-state index in [0.29, 0.717) is 13.2 Å². The van der Waals surface area contributed by atoms with Crippen molar-refractivity contribution < 1.29 is 23.5 Å². The second-order valence-electron chi connectivity index (χ2n) is 7.15. The fourth-order valence-corrected chi connectivity index (χ4v) is 3.47. The Labute approximate surface area is 169 Å². The van der Waals surface area contributed by atoms with Crippen molar-refractivity contribution in [2.75, 3.05) is 33.4 Å². The Hall–Kier alpha value is -2.77. The normalized spacial score (nSPS) is 19.2. The van der Waals surface area contributed by atoms with Gasteiger partial charge in [-0.3, -0.25) is 9.59 Å². The molecule has 0 radical (unpaired) electrons. The number of nitrogens with zero attached hydrogens (tertiary/aromatic N) is 1. The maximum Gasteiger partial charge on any atom is 0.251 e. The van der Waals surface area contributed by atoms with Gasteiger partial charge >= 0.3 is 0 Å². The molecule has 2 amide bonds. The number of hydrogen-bond acceptors (Lipinski definition) is 4. The molecular weight excluding hydrogens is 375 g/mol. The number of rotatable bonds is 7. The molecule has 2 N–H and O–H groups in total. The summed E-state index contributed by atoms with van der Waals surface area (Å²) in [4.78, 5) is 26.3. The Morgan fingerprint density at radius 2 is 1.76 bits per heavy atom. The van der Waals surface area contributed by atoms with E-state index < -0.39 is 11.5 Å². The number of carbonyl (C=O) groups is 2. The minimum Gasteiger partial charge on any atom is -0.384 e. The first-order valence-corrected chi connectivity index (χ1v) is 9.49. The summed E-state index contributed by atoms with van der Waals surface area (Å²) >= 11 is 0. The van der Waals surface area contributed by atoms with E-state index in [1.165, 1.54) is 19.2 Å². The number of morpholine rings is 1. The second-order valence-corrected chi connectivity index (χ2v) is 7.15. The fourth-order valence-electron chi connectivity index (χ4n) is 3.47.